The van der Waals surface area contributed by atoms with Crippen molar-refractivity contribution in [2.45, 2.75) is 0 Å². The Labute approximate surface area is 141 Å². The summed E-state index contributed by atoms with van der Waals surface area (Å²) in [4.78, 5) is 5.79. The van der Waals surface area contributed by atoms with E-state index in [0.717, 1.165) is 21.3 Å². The number of ether oxygens (including phenoxy) is 1. The maximum Gasteiger partial charge on any atom is 0.187 e. The summed E-state index contributed by atoms with van der Waals surface area (Å²) in [5, 5.41) is 0. The number of benzene rings is 2. The normalized spacial score (nSPS) is 10.2. The zero-order valence-corrected chi connectivity index (χ0v) is 14.2. The van der Waals surface area contributed by atoms with Crippen LogP contribution in [-0.4, -0.2) is 7.11 Å². The van der Waals surface area contributed by atoms with E-state index < -0.39 is 0 Å². The second-order valence-electron chi connectivity index (χ2n) is 4.67. The van der Waals surface area contributed by atoms with Gasteiger partial charge in [0.2, 0.25) is 0 Å². The van der Waals surface area contributed by atoms with E-state index in [2.05, 4.69) is 39.0 Å². The summed E-state index contributed by atoms with van der Waals surface area (Å²) in [7, 11) is 1.67. The van der Waals surface area contributed by atoms with Crippen molar-refractivity contribution < 1.29 is 4.74 Å². The Morgan fingerprint density at radius 2 is 1.64 bits per heavy atom. The molecule has 0 N–H and O–H groups in total. The van der Waals surface area contributed by atoms with Crippen molar-refractivity contribution in [3.63, 3.8) is 0 Å². The molecule has 0 amide bonds. The van der Waals surface area contributed by atoms with Gasteiger partial charge in [-0.25, -0.2) is 4.85 Å². The van der Waals surface area contributed by atoms with E-state index in [0.29, 0.717) is 5.69 Å². The van der Waals surface area contributed by atoms with Crippen molar-refractivity contribution in [3.05, 3.63) is 70.5 Å². The van der Waals surface area contributed by atoms with Crippen molar-refractivity contribution in [1.29, 1.82) is 0 Å². The molecule has 0 aliphatic heterocycles. The highest BCUT2D eigenvalue weighted by molar-refractivity contribution is 9.10. The molecule has 0 aliphatic rings. The minimum absolute atomic E-state index is 0.662. The Bertz CT molecular complexity index is 829. The molecule has 0 bridgehead atoms. The molecule has 3 aromatic rings. The molecule has 2 nitrogen and oxygen atoms in total. The van der Waals surface area contributed by atoms with Crippen LogP contribution in [0.5, 0.6) is 5.75 Å². The average Bonchev–Trinajstić information content (AvgIpc) is 2.97. The van der Waals surface area contributed by atoms with Crippen LogP contribution in [0.4, 0.5) is 5.69 Å². The third-order valence-electron chi connectivity index (χ3n) is 3.32. The summed E-state index contributed by atoms with van der Waals surface area (Å²) < 4.78 is 6.27. The van der Waals surface area contributed by atoms with Crippen LogP contribution >= 0.6 is 27.3 Å². The number of methoxy groups -OCH3 is 1. The number of nitrogens with zero attached hydrogens (tertiary/aromatic N) is 1. The second-order valence-corrected chi connectivity index (χ2v) is 6.58. The van der Waals surface area contributed by atoms with Gasteiger partial charge < -0.3 is 4.74 Å². The minimum Gasteiger partial charge on any atom is -0.497 e. The van der Waals surface area contributed by atoms with E-state index in [4.69, 9.17) is 11.3 Å². The van der Waals surface area contributed by atoms with Gasteiger partial charge in [-0.15, -0.1) is 11.3 Å². The Kier molecular flexibility index (Phi) is 4.28. The van der Waals surface area contributed by atoms with Crippen LogP contribution in [-0.2, 0) is 0 Å². The van der Waals surface area contributed by atoms with Gasteiger partial charge in [0, 0.05) is 14.2 Å². The summed E-state index contributed by atoms with van der Waals surface area (Å²) >= 11 is 5.37. The summed E-state index contributed by atoms with van der Waals surface area (Å²) in [6, 6.07) is 17.8. The molecule has 0 aliphatic carbocycles. The van der Waals surface area contributed by atoms with Gasteiger partial charge >= 0.3 is 0 Å². The van der Waals surface area contributed by atoms with Gasteiger partial charge in [-0.2, -0.15) is 0 Å². The molecule has 1 heterocycles. The zero-order valence-electron chi connectivity index (χ0n) is 11.8. The van der Waals surface area contributed by atoms with Gasteiger partial charge in [-0.1, -0.05) is 24.3 Å². The van der Waals surface area contributed by atoms with Gasteiger partial charge in [0.1, 0.15) is 5.75 Å². The fraction of sp³-hybridized carbons (Fsp3) is 0.0556. The van der Waals surface area contributed by atoms with E-state index in [-0.39, 0.29) is 0 Å². The maximum absolute atomic E-state index is 7.01. The first-order chi connectivity index (χ1) is 10.7. The first-order valence-corrected chi connectivity index (χ1v) is 8.24. The molecule has 108 valence electrons. The smallest absolute Gasteiger partial charge is 0.187 e. The predicted octanol–water partition coefficient (Wildman–Crippen LogP) is 6.40. The van der Waals surface area contributed by atoms with Crippen LogP contribution in [0, 0.1) is 6.57 Å². The Balaban J connectivity index is 1.97. The molecule has 1 aromatic heterocycles. The van der Waals surface area contributed by atoms with Gasteiger partial charge in [-0.3, -0.25) is 0 Å². The van der Waals surface area contributed by atoms with Crippen molar-refractivity contribution in [3.8, 4) is 26.6 Å². The highest BCUT2D eigenvalue weighted by atomic mass is 79.9. The number of rotatable bonds is 3. The number of halogens is 1. The predicted molar refractivity (Wildman–Crippen MR) is 95.7 cm³/mol. The molecule has 0 unspecified atom stereocenters. The van der Waals surface area contributed by atoms with E-state index in [1.807, 2.05) is 36.4 Å². The first kappa shape index (κ1) is 14.8. The molecular formula is C18H12BrNOS. The molecule has 0 radical (unpaired) electrons. The molecule has 22 heavy (non-hydrogen) atoms. The third-order valence-corrected chi connectivity index (χ3v) is 5.44. The lowest BCUT2D eigenvalue weighted by molar-refractivity contribution is 0.415. The Morgan fingerprint density at radius 3 is 2.23 bits per heavy atom. The summed E-state index contributed by atoms with van der Waals surface area (Å²) in [5.74, 6) is 0.853. The highest BCUT2D eigenvalue weighted by Crippen LogP contribution is 2.41. The van der Waals surface area contributed by atoms with E-state index in [9.17, 15) is 0 Å². The second kappa shape index (κ2) is 6.35. The molecule has 2 aromatic carbocycles. The number of hydrogen-bond acceptors (Lipinski definition) is 2. The lowest BCUT2D eigenvalue weighted by atomic mass is 10.1. The van der Waals surface area contributed by atoms with Crippen LogP contribution in [0.15, 0.2) is 59.1 Å². The fourth-order valence-electron chi connectivity index (χ4n) is 2.15. The Hall–Kier alpha value is -2.09. The maximum atomic E-state index is 7.01. The first-order valence-electron chi connectivity index (χ1n) is 6.63. The van der Waals surface area contributed by atoms with Crippen LogP contribution < -0.4 is 4.74 Å². The van der Waals surface area contributed by atoms with E-state index in [1.165, 1.54) is 9.75 Å². The fourth-order valence-corrected chi connectivity index (χ4v) is 4.06. The SMILES string of the molecule is [C-]#[N+]c1ccc(-c2cc(Br)c(-c3ccc(OC)cc3)s2)cc1. The van der Waals surface area contributed by atoms with Crippen molar-refractivity contribution >= 4 is 33.0 Å². The van der Waals surface area contributed by atoms with Crippen LogP contribution in [0.25, 0.3) is 25.7 Å². The van der Waals surface area contributed by atoms with Gasteiger partial charge in [0.05, 0.1) is 13.7 Å². The highest BCUT2D eigenvalue weighted by Gasteiger charge is 2.10. The van der Waals surface area contributed by atoms with Crippen molar-refractivity contribution in [1.82, 2.24) is 0 Å². The van der Waals surface area contributed by atoms with Gasteiger partial charge in [0.25, 0.3) is 0 Å². The standard InChI is InChI=1S/C18H12BrNOS/c1-20-14-7-3-12(4-8-14)17-11-16(19)18(22-17)13-5-9-15(21-2)10-6-13/h3-11H,2H3. The molecule has 3 rings (SSSR count). The number of hydrogen-bond donors (Lipinski definition) is 0. The van der Waals surface area contributed by atoms with Crippen LogP contribution in [0.3, 0.4) is 0 Å². The van der Waals surface area contributed by atoms with Gasteiger partial charge in [-0.05, 0) is 57.4 Å². The summed E-state index contributed by atoms with van der Waals surface area (Å²) in [6.45, 7) is 7.01. The molecule has 0 atom stereocenters. The van der Waals surface area contributed by atoms with Crippen molar-refractivity contribution in [2.75, 3.05) is 7.11 Å². The van der Waals surface area contributed by atoms with Gasteiger partial charge in [0.15, 0.2) is 5.69 Å². The molecule has 0 spiro atoms. The largest absolute Gasteiger partial charge is 0.497 e. The molecular weight excluding hydrogens is 358 g/mol. The van der Waals surface area contributed by atoms with Crippen molar-refractivity contribution in [2.24, 2.45) is 0 Å². The average molecular weight is 370 g/mol. The topological polar surface area (TPSA) is 13.6 Å². The molecule has 0 saturated heterocycles. The van der Waals surface area contributed by atoms with Crippen LogP contribution in [0.1, 0.15) is 0 Å². The van der Waals surface area contributed by atoms with E-state index in [1.54, 1.807) is 18.4 Å². The molecule has 0 saturated carbocycles. The minimum atomic E-state index is 0.662. The van der Waals surface area contributed by atoms with Crippen LogP contribution in [0.2, 0.25) is 0 Å². The third kappa shape index (κ3) is 2.92. The monoisotopic (exact) mass is 369 g/mol. The Morgan fingerprint density at radius 1 is 1.00 bits per heavy atom. The summed E-state index contributed by atoms with van der Waals surface area (Å²) in [6.07, 6.45) is 0. The lowest BCUT2D eigenvalue weighted by Gasteiger charge is -2.02. The number of thiophene rings is 1. The quantitative estimate of drug-likeness (QED) is 0.486. The molecule has 4 heteroatoms. The molecule has 0 fully saturated rings. The lowest BCUT2D eigenvalue weighted by Crippen LogP contribution is -1.81. The van der Waals surface area contributed by atoms with E-state index >= 15 is 0 Å². The zero-order chi connectivity index (χ0) is 15.5. The summed E-state index contributed by atoms with van der Waals surface area (Å²) in [5.41, 5.74) is 2.94.